The number of nitrogens with zero attached hydrogens (tertiary/aromatic N) is 1. The normalized spacial score (nSPS) is 12.2. The first-order valence-electron chi connectivity index (χ1n) is 6.41. The lowest BCUT2D eigenvalue weighted by Gasteiger charge is -2.21. The summed E-state index contributed by atoms with van der Waals surface area (Å²) < 4.78 is 2.05. The van der Waals surface area contributed by atoms with E-state index in [1.807, 2.05) is 30.3 Å². The summed E-state index contributed by atoms with van der Waals surface area (Å²) in [4.78, 5) is 2.18. The zero-order chi connectivity index (χ0) is 14.7. The van der Waals surface area contributed by atoms with Gasteiger partial charge in [-0.25, -0.2) is 0 Å². The fourth-order valence-corrected chi connectivity index (χ4v) is 3.17. The van der Waals surface area contributed by atoms with Crippen molar-refractivity contribution in [2.75, 3.05) is 11.9 Å². The van der Waals surface area contributed by atoms with E-state index in [0.29, 0.717) is 0 Å². The molecule has 106 valence electrons. The molecule has 0 aliphatic heterocycles. The van der Waals surface area contributed by atoms with Crippen molar-refractivity contribution in [3.63, 3.8) is 0 Å². The van der Waals surface area contributed by atoms with Crippen LogP contribution in [0.15, 0.2) is 51.4 Å². The van der Waals surface area contributed by atoms with Crippen LogP contribution in [0.3, 0.4) is 0 Å². The third kappa shape index (κ3) is 3.62. The van der Waals surface area contributed by atoms with E-state index in [1.54, 1.807) is 6.92 Å². The van der Waals surface area contributed by atoms with E-state index in [0.717, 1.165) is 26.7 Å². The maximum atomic E-state index is 9.66. The van der Waals surface area contributed by atoms with Crippen molar-refractivity contribution in [1.82, 2.24) is 0 Å². The summed E-state index contributed by atoms with van der Waals surface area (Å²) in [6.07, 6.45) is -0.466. The first-order chi connectivity index (χ1) is 9.49. The van der Waals surface area contributed by atoms with Gasteiger partial charge in [0.1, 0.15) is 0 Å². The standard InChI is InChI=1S/C16H17Br2NO/c1-11(20)14-8-7-13(9-16(14)18)19(2)10-12-5-3-4-6-15(12)17/h3-9,11,20H,10H2,1-2H3. The molecule has 0 saturated carbocycles. The van der Waals surface area contributed by atoms with Gasteiger partial charge in [-0.15, -0.1) is 0 Å². The molecule has 4 heteroatoms. The third-order valence-electron chi connectivity index (χ3n) is 3.24. The number of halogens is 2. The van der Waals surface area contributed by atoms with Gasteiger partial charge in [0.15, 0.2) is 0 Å². The summed E-state index contributed by atoms with van der Waals surface area (Å²) in [5.74, 6) is 0. The minimum atomic E-state index is -0.466. The van der Waals surface area contributed by atoms with E-state index in [1.165, 1.54) is 5.56 Å². The van der Waals surface area contributed by atoms with Crippen molar-refractivity contribution in [2.45, 2.75) is 19.6 Å². The molecule has 0 spiro atoms. The molecule has 2 aromatic carbocycles. The highest BCUT2D eigenvalue weighted by Gasteiger charge is 2.10. The zero-order valence-corrected chi connectivity index (χ0v) is 14.6. The number of benzene rings is 2. The molecule has 0 bridgehead atoms. The smallest absolute Gasteiger partial charge is 0.0772 e. The first kappa shape index (κ1) is 15.5. The molecule has 1 unspecified atom stereocenters. The second-order valence-electron chi connectivity index (χ2n) is 4.83. The monoisotopic (exact) mass is 397 g/mol. The lowest BCUT2D eigenvalue weighted by atomic mass is 10.1. The first-order valence-corrected chi connectivity index (χ1v) is 7.99. The van der Waals surface area contributed by atoms with Crippen LogP contribution in [-0.2, 0) is 6.54 Å². The molecule has 0 saturated heterocycles. The molecule has 0 amide bonds. The van der Waals surface area contributed by atoms with Gasteiger partial charge in [-0.3, -0.25) is 0 Å². The Hall–Kier alpha value is -0.840. The Morgan fingerprint density at radius 3 is 2.40 bits per heavy atom. The van der Waals surface area contributed by atoms with Crippen LogP contribution in [0.25, 0.3) is 0 Å². The Morgan fingerprint density at radius 2 is 1.80 bits per heavy atom. The van der Waals surface area contributed by atoms with Gasteiger partial charge in [-0.05, 0) is 36.2 Å². The second-order valence-corrected chi connectivity index (χ2v) is 6.54. The molecular weight excluding hydrogens is 382 g/mol. The van der Waals surface area contributed by atoms with Gasteiger partial charge in [-0.1, -0.05) is 56.1 Å². The van der Waals surface area contributed by atoms with Crippen molar-refractivity contribution in [2.24, 2.45) is 0 Å². The minimum Gasteiger partial charge on any atom is -0.389 e. The van der Waals surface area contributed by atoms with Gasteiger partial charge < -0.3 is 10.0 Å². The number of hydrogen-bond donors (Lipinski definition) is 1. The van der Waals surface area contributed by atoms with Crippen molar-refractivity contribution >= 4 is 37.5 Å². The molecule has 2 aromatic rings. The van der Waals surface area contributed by atoms with Crippen molar-refractivity contribution in [3.8, 4) is 0 Å². The molecular formula is C16H17Br2NO. The Balaban J connectivity index is 2.20. The SMILES string of the molecule is CC(O)c1ccc(N(C)Cc2ccccc2Br)cc1Br. The van der Waals surface area contributed by atoms with E-state index in [4.69, 9.17) is 0 Å². The highest BCUT2D eigenvalue weighted by atomic mass is 79.9. The number of hydrogen-bond acceptors (Lipinski definition) is 2. The Labute approximate surface area is 136 Å². The molecule has 2 rings (SSSR count). The van der Waals surface area contributed by atoms with Crippen LogP contribution in [0.1, 0.15) is 24.2 Å². The van der Waals surface area contributed by atoms with Gasteiger partial charge >= 0.3 is 0 Å². The van der Waals surface area contributed by atoms with Crippen LogP contribution in [0, 0.1) is 0 Å². The highest BCUT2D eigenvalue weighted by Crippen LogP contribution is 2.29. The number of aliphatic hydroxyl groups is 1. The molecule has 0 fully saturated rings. The average Bonchev–Trinajstić information content (AvgIpc) is 2.40. The number of aliphatic hydroxyl groups excluding tert-OH is 1. The maximum absolute atomic E-state index is 9.66. The second kappa shape index (κ2) is 6.74. The fourth-order valence-electron chi connectivity index (χ4n) is 2.07. The van der Waals surface area contributed by atoms with Gasteiger partial charge in [-0.2, -0.15) is 0 Å². The summed E-state index contributed by atoms with van der Waals surface area (Å²) in [6.45, 7) is 2.59. The third-order valence-corrected chi connectivity index (χ3v) is 4.70. The Morgan fingerprint density at radius 1 is 1.10 bits per heavy atom. The lowest BCUT2D eigenvalue weighted by Crippen LogP contribution is -2.16. The van der Waals surface area contributed by atoms with Crippen molar-refractivity contribution in [3.05, 3.63) is 62.5 Å². The quantitative estimate of drug-likeness (QED) is 0.791. The van der Waals surface area contributed by atoms with Gasteiger partial charge in [0.05, 0.1) is 6.10 Å². The molecule has 0 heterocycles. The Bertz CT molecular complexity index is 599. The number of anilines is 1. The summed E-state index contributed by atoms with van der Waals surface area (Å²) in [7, 11) is 2.06. The fraction of sp³-hybridized carbons (Fsp3) is 0.250. The molecule has 20 heavy (non-hydrogen) atoms. The molecule has 0 aliphatic carbocycles. The van der Waals surface area contributed by atoms with Crippen LogP contribution in [0.5, 0.6) is 0 Å². The predicted octanol–water partition coefficient (Wildman–Crippen LogP) is 4.90. The molecule has 0 aliphatic rings. The van der Waals surface area contributed by atoms with Crippen LogP contribution >= 0.6 is 31.9 Å². The van der Waals surface area contributed by atoms with Crippen molar-refractivity contribution in [1.29, 1.82) is 0 Å². The summed E-state index contributed by atoms with van der Waals surface area (Å²) >= 11 is 7.09. The largest absolute Gasteiger partial charge is 0.389 e. The highest BCUT2D eigenvalue weighted by molar-refractivity contribution is 9.10. The molecule has 1 N–H and O–H groups in total. The van der Waals surface area contributed by atoms with E-state index in [2.05, 4.69) is 55.9 Å². The molecule has 0 radical (unpaired) electrons. The van der Waals surface area contributed by atoms with Gasteiger partial charge in [0.25, 0.3) is 0 Å². The maximum Gasteiger partial charge on any atom is 0.0772 e. The van der Waals surface area contributed by atoms with E-state index in [9.17, 15) is 5.11 Å². The van der Waals surface area contributed by atoms with E-state index in [-0.39, 0.29) is 0 Å². The van der Waals surface area contributed by atoms with Crippen LogP contribution in [0.2, 0.25) is 0 Å². The summed E-state index contributed by atoms with van der Waals surface area (Å²) in [5.41, 5.74) is 3.26. The topological polar surface area (TPSA) is 23.5 Å². The summed E-state index contributed by atoms with van der Waals surface area (Å²) in [6, 6.07) is 14.3. The minimum absolute atomic E-state index is 0.466. The van der Waals surface area contributed by atoms with Crippen LogP contribution in [-0.4, -0.2) is 12.2 Å². The zero-order valence-electron chi connectivity index (χ0n) is 11.5. The van der Waals surface area contributed by atoms with Gasteiger partial charge in [0.2, 0.25) is 0 Å². The van der Waals surface area contributed by atoms with Gasteiger partial charge in [0, 0.05) is 28.2 Å². The van der Waals surface area contributed by atoms with Crippen LogP contribution < -0.4 is 4.90 Å². The van der Waals surface area contributed by atoms with E-state index >= 15 is 0 Å². The molecule has 1 atom stereocenters. The van der Waals surface area contributed by atoms with Crippen LogP contribution in [0.4, 0.5) is 5.69 Å². The summed E-state index contributed by atoms with van der Waals surface area (Å²) in [5, 5.41) is 9.66. The van der Waals surface area contributed by atoms with E-state index < -0.39 is 6.10 Å². The lowest BCUT2D eigenvalue weighted by molar-refractivity contribution is 0.198. The van der Waals surface area contributed by atoms with Crippen molar-refractivity contribution < 1.29 is 5.11 Å². The molecule has 0 aromatic heterocycles. The molecule has 2 nitrogen and oxygen atoms in total. The average molecular weight is 399 g/mol. The Kier molecular flexibility index (Phi) is 5.24. The number of rotatable bonds is 4. The predicted molar refractivity (Wildman–Crippen MR) is 91.0 cm³/mol.